The van der Waals surface area contributed by atoms with Crippen molar-refractivity contribution in [2.24, 2.45) is 0 Å². The molecule has 0 amide bonds. The molecule has 5 rings (SSSR count). The Labute approximate surface area is 194 Å². The van der Waals surface area contributed by atoms with E-state index in [1.165, 1.54) is 18.2 Å². The van der Waals surface area contributed by atoms with E-state index in [0.29, 0.717) is 16.8 Å². The van der Waals surface area contributed by atoms with Gasteiger partial charge in [0.25, 0.3) is 11.4 Å². The maximum absolute atomic E-state index is 11.8. The first kappa shape index (κ1) is 21.0. The average Bonchev–Trinajstić information content (AvgIpc) is 2.88. The minimum atomic E-state index is -0.421. The Morgan fingerprint density at radius 2 is 1.35 bits per heavy atom. The molecular weight excluding hydrogens is 430 g/mol. The molecule has 0 atom stereocenters. The van der Waals surface area contributed by atoms with Crippen molar-refractivity contribution in [1.82, 2.24) is 4.98 Å². The third-order valence-electron chi connectivity index (χ3n) is 5.66. The van der Waals surface area contributed by atoms with Gasteiger partial charge in [-0.05, 0) is 40.5 Å². The Morgan fingerprint density at radius 1 is 0.618 bits per heavy atom. The van der Waals surface area contributed by atoms with Crippen LogP contribution in [-0.2, 0) is 0 Å². The van der Waals surface area contributed by atoms with Crippen molar-refractivity contribution in [2.45, 2.75) is 0 Å². The lowest BCUT2D eigenvalue weighted by Crippen LogP contribution is -1.96. The monoisotopic (exact) mass is 447 g/mol. The summed E-state index contributed by atoms with van der Waals surface area (Å²) in [4.78, 5) is 26.9. The van der Waals surface area contributed by atoms with E-state index >= 15 is 0 Å². The zero-order valence-electron chi connectivity index (χ0n) is 17.8. The molecule has 34 heavy (non-hydrogen) atoms. The number of nitrogens with zero attached hydrogens (tertiary/aromatic N) is 3. The highest BCUT2D eigenvalue weighted by atomic mass is 16.6. The molecule has 1 aromatic heterocycles. The van der Waals surface area contributed by atoms with Gasteiger partial charge in [0.15, 0.2) is 0 Å². The number of hydrogen-bond acceptors (Lipinski definition) is 5. The van der Waals surface area contributed by atoms with Gasteiger partial charge in [-0.15, -0.1) is 0 Å². The normalized spacial score (nSPS) is 10.8. The van der Waals surface area contributed by atoms with Crippen molar-refractivity contribution in [3.05, 3.63) is 123 Å². The first-order valence-corrected chi connectivity index (χ1v) is 10.5. The van der Waals surface area contributed by atoms with Crippen molar-refractivity contribution >= 4 is 22.3 Å². The molecule has 0 radical (unpaired) electrons. The number of fused-ring (bicyclic) bond motifs is 1. The van der Waals surface area contributed by atoms with Gasteiger partial charge in [0.1, 0.15) is 0 Å². The first-order valence-electron chi connectivity index (χ1n) is 10.5. The fraction of sp³-hybridized carbons (Fsp3) is 0. The smallest absolute Gasteiger partial charge is 0.258 e. The number of non-ortho nitro benzene ring substituents is 1. The Hall–Kier alpha value is -4.91. The highest BCUT2D eigenvalue weighted by molar-refractivity contribution is 5.92. The van der Waals surface area contributed by atoms with Gasteiger partial charge in [0.05, 0.1) is 26.6 Å². The summed E-state index contributed by atoms with van der Waals surface area (Å²) in [6.07, 6.45) is 0. The first-order chi connectivity index (χ1) is 16.5. The van der Waals surface area contributed by atoms with Crippen molar-refractivity contribution in [3.8, 4) is 33.5 Å². The Bertz CT molecular complexity index is 1570. The molecule has 0 spiro atoms. The van der Waals surface area contributed by atoms with Crippen molar-refractivity contribution < 1.29 is 9.85 Å². The van der Waals surface area contributed by atoms with Crippen LogP contribution in [0, 0.1) is 20.2 Å². The topological polar surface area (TPSA) is 99.2 Å². The lowest BCUT2D eigenvalue weighted by atomic mass is 9.95. The molecule has 1 heterocycles. The molecule has 0 N–H and O–H groups in total. The van der Waals surface area contributed by atoms with Crippen LogP contribution < -0.4 is 0 Å². The molecule has 0 aliphatic carbocycles. The van der Waals surface area contributed by atoms with Gasteiger partial charge in [-0.2, -0.15) is 0 Å². The molecule has 7 heteroatoms. The molecule has 5 aromatic rings. The number of aromatic nitrogens is 1. The summed E-state index contributed by atoms with van der Waals surface area (Å²) in [5.41, 5.74) is 4.79. The van der Waals surface area contributed by atoms with Crippen molar-refractivity contribution in [2.75, 3.05) is 0 Å². The zero-order valence-corrected chi connectivity index (χ0v) is 17.8. The Balaban J connectivity index is 1.64. The summed E-state index contributed by atoms with van der Waals surface area (Å²) >= 11 is 0. The summed E-state index contributed by atoms with van der Waals surface area (Å²) in [7, 11) is 0. The lowest BCUT2D eigenvalue weighted by molar-refractivity contribution is -0.384. The fourth-order valence-electron chi connectivity index (χ4n) is 4.06. The van der Waals surface area contributed by atoms with Gasteiger partial charge in [-0.3, -0.25) is 20.2 Å². The van der Waals surface area contributed by atoms with E-state index in [-0.39, 0.29) is 16.3 Å². The Kier molecular flexibility index (Phi) is 5.27. The van der Waals surface area contributed by atoms with E-state index < -0.39 is 4.92 Å². The van der Waals surface area contributed by atoms with Crippen molar-refractivity contribution in [1.29, 1.82) is 0 Å². The van der Waals surface area contributed by atoms with Gasteiger partial charge in [-0.25, -0.2) is 4.98 Å². The molecule has 0 aliphatic rings. The Morgan fingerprint density at radius 3 is 2.12 bits per heavy atom. The molecule has 4 aromatic carbocycles. The van der Waals surface area contributed by atoms with E-state index in [1.54, 1.807) is 18.2 Å². The van der Waals surface area contributed by atoms with Crippen LogP contribution in [0.15, 0.2) is 103 Å². The highest BCUT2D eigenvalue weighted by Crippen LogP contribution is 2.39. The van der Waals surface area contributed by atoms with Gasteiger partial charge in [0, 0.05) is 23.6 Å². The maximum atomic E-state index is 11.8. The molecule has 0 unspecified atom stereocenters. The summed E-state index contributed by atoms with van der Waals surface area (Å²) < 4.78 is 0. The van der Waals surface area contributed by atoms with Crippen LogP contribution in [0.2, 0.25) is 0 Å². The summed E-state index contributed by atoms with van der Waals surface area (Å²) in [5, 5.41) is 23.8. The zero-order chi connectivity index (χ0) is 23.7. The second-order valence-electron chi connectivity index (χ2n) is 7.73. The molecule has 0 fully saturated rings. The predicted molar refractivity (Wildman–Crippen MR) is 131 cm³/mol. The summed E-state index contributed by atoms with van der Waals surface area (Å²) in [6.45, 7) is 0. The van der Waals surface area contributed by atoms with Crippen LogP contribution in [0.5, 0.6) is 0 Å². The predicted octanol–water partition coefficient (Wildman–Crippen LogP) is 7.05. The minimum absolute atomic E-state index is 0.0126. The molecular formula is C27H17N3O4. The van der Waals surface area contributed by atoms with Crippen LogP contribution in [0.25, 0.3) is 44.4 Å². The molecule has 0 saturated carbocycles. The standard InChI is InChI=1S/C27H17N3O4/c31-29(32)22-9-4-8-19(17-22)20-12-14-24-21(16-20)13-15-25(28-24)27-23(18-6-2-1-3-7-18)10-5-11-26(27)30(33)34/h1-17H. The van der Waals surface area contributed by atoms with Crippen molar-refractivity contribution in [3.63, 3.8) is 0 Å². The number of pyridine rings is 1. The van der Waals surface area contributed by atoms with Crippen LogP contribution >= 0.6 is 0 Å². The number of nitro groups is 2. The second-order valence-corrected chi connectivity index (χ2v) is 7.73. The second kappa shape index (κ2) is 8.55. The third-order valence-corrected chi connectivity index (χ3v) is 5.66. The lowest BCUT2D eigenvalue weighted by Gasteiger charge is -2.11. The minimum Gasteiger partial charge on any atom is -0.258 e. The summed E-state index contributed by atoms with van der Waals surface area (Å²) in [5.74, 6) is 0. The van der Waals surface area contributed by atoms with E-state index in [1.807, 2.05) is 66.7 Å². The fourth-order valence-corrected chi connectivity index (χ4v) is 4.06. The average molecular weight is 447 g/mol. The van der Waals surface area contributed by atoms with E-state index in [0.717, 1.165) is 27.6 Å². The van der Waals surface area contributed by atoms with E-state index in [9.17, 15) is 20.2 Å². The number of nitro benzene ring substituents is 2. The van der Waals surface area contributed by atoms with Crippen LogP contribution in [-0.4, -0.2) is 14.8 Å². The van der Waals surface area contributed by atoms with Gasteiger partial charge < -0.3 is 0 Å². The van der Waals surface area contributed by atoms with Gasteiger partial charge in [0.2, 0.25) is 0 Å². The summed E-state index contributed by atoms with van der Waals surface area (Å²) in [6, 6.07) is 30.2. The molecule has 164 valence electrons. The molecule has 7 nitrogen and oxygen atoms in total. The van der Waals surface area contributed by atoms with Gasteiger partial charge >= 0.3 is 0 Å². The van der Waals surface area contributed by atoms with Gasteiger partial charge in [-0.1, -0.05) is 66.7 Å². The van der Waals surface area contributed by atoms with E-state index in [2.05, 4.69) is 0 Å². The largest absolute Gasteiger partial charge is 0.279 e. The maximum Gasteiger partial charge on any atom is 0.279 e. The highest BCUT2D eigenvalue weighted by Gasteiger charge is 2.21. The SMILES string of the molecule is O=[N+]([O-])c1cccc(-c2ccc3nc(-c4c(-c5ccccc5)cccc4[N+](=O)[O-])ccc3c2)c1. The van der Waals surface area contributed by atoms with Crippen LogP contribution in [0.3, 0.4) is 0 Å². The quantitative estimate of drug-likeness (QED) is 0.212. The molecule has 0 bridgehead atoms. The number of hydrogen-bond donors (Lipinski definition) is 0. The third kappa shape index (κ3) is 3.86. The number of benzene rings is 4. The molecule has 0 saturated heterocycles. The number of rotatable bonds is 5. The van der Waals surface area contributed by atoms with Crippen LogP contribution in [0.4, 0.5) is 11.4 Å². The van der Waals surface area contributed by atoms with Crippen LogP contribution in [0.1, 0.15) is 0 Å². The molecule has 0 aliphatic heterocycles. The van der Waals surface area contributed by atoms with E-state index in [4.69, 9.17) is 4.98 Å².